The van der Waals surface area contributed by atoms with Gasteiger partial charge in [-0.05, 0) is 39.4 Å². The number of likely N-dealkylation sites (N-methyl/N-ethyl adjacent to an activating group) is 1. The number of fused-ring (bicyclic) bond motifs is 1. The second kappa shape index (κ2) is 5.55. The molecule has 1 aliphatic carbocycles. The summed E-state index contributed by atoms with van der Waals surface area (Å²) in [5.41, 5.74) is 2.84. The van der Waals surface area contributed by atoms with E-state index < -0.39 is 0 Å². The van der Waals surface area contributed by atoms with Gasteiger partial charge in [0.15, 0.2) is 0 Å². The third-order valence-corrected chi connectivity index (χ3v) is 3.86. The largest absolute Gasteiger partial charge is 0.313 e. The van der Waals surface area contributed by atoms with Gasteiger partial charge in [0.05, 0.1) is 0 Å². The minimum Gasteiger partial charge on any atom is -0.313 e. The Bertz CT molecular complexity index is 440. The number of aromatic nitrogens is 2. The summed E-state index contributed by atoms with van der Waals surface area (Å²) in [5, 5.41) is 3.40. The van der Waals surface area contributed by atoms with E-state index in [1.54, 1.807) is 0 Å². The van der Waals surface area contributed by atoms with Crippen molar-refractivity contribution in [1.29, 1.82) is 0 Å². The lowest BCUT2D eigenvalue weighted by atomic mass is 9.74. The molecule has 1 aromatic heterocycles. The summed E-state index contributed by atoms with van der Waals surface area (Å²) >= 11 is 0. The van der Waals surface area contributed by atoms with E-state index in [9.17, 15) is 0 Å². The van der Waals surface area contributed by atoms with Crippen molar-refractivity contribution in [2.75, 3.05) is 27.7 Å². The van der Waals surface area contributed by atoms with Gasteiger partial charge in [0.1, 0.15) is 5.82 Å². The molecule has 1 atom stereocenters. The van der Waals surface area contributed by atoms with Crippen molar-refractivity contribution < 1.29 is 0 Å². The van der Waals surface area contributed by atoms with Gasteiger partial charge in [-0.3, -0.25) is 0 Å². The number of nitrogens with one attached hydrogen (secondary N) is 1. The van der Waals surface area contributed by atoms with Gasteiger partial charge in [0, 0.05) is 36.5 Å². The van der Waals surface area contributed by atoms with Gasteiger partial charge in [0.25, 0.3) is 0 Å². The van der Waals surface area contributed by atoms with Gasteiger partial charge in [-0.25, -0.2) is 9.97 Å². The zero-order valence-corrected chi connectivity index (χ0v) is 12.8. The van der Waals surface area contributed by atoms with Crippen LogP contribution in [0.4, 0.5) is 0 Å². The van der Waals surface area contributed by atoms with Crippen LogP contribution in [0.3, 0.4) is 0 Å². The maximum Gasteiger partial charge on any atom is 0.129 e. The molecule has 1 unspecified atom stereocenters. The lowest BCUT2D eigenvalue weighted by molar-refractivity contribution is 0.259. The van der Waals surface area contributed by atoms with Crippen LogP contribution in [0, 0.1) is 5.41 Å². The van der Waals surface area contributed by atoms with Crippen LogP contribution in [0.1, 0.15) is 43.4 Å². The fraction of sp³-hybridized carbons (Fsp3) is 0.733. The molecule has 1 aromatic rings. The predicted molar refractivity (Wildman–Crippen MR) is 78.2 cm³/mol. The fourth-order valence-corrected chi connectivity index (χ4v) is 2.79. The van der Waals surface area contributed by atoms with E-state index in [0.717, 1.165) is 31.6 Å². The summed E-state index contributed by atoms with van der Waals surface area (Å²) < 4.78 is 0. The molecule has 0 saturated carbocycles. The van der Waals surface area contributed by atoms with Crippen molar-refractivity contribution in [3.63, 3.8) is 0 Å². The van der Waals surface area contributed by atoms with Gasteiger partial charge in [-0.2, -0.15) is 0 Å². The van der Waals surface area contributed by atoms with Crippen LogP contribution < -0.4 is 5.32 Å². The minimum atomic E-state index is 0.313. The molecular formula is C15H26N4. The Morgan fingerprint density at radius 3 is 2.79 bits per heavy atom. The van der Waals surface area contributed by atoms with E-state index in [1.165, 1.54) is 11.3 Å². The quantitative estimate of drug-likeness (QED) is 0.898. The molecule has 4 nitrogen and oxygen atoms in total. The molecule has 1 aliphatic rings. The van der Waals surface area contributed by atoms with Crippen LogP contribution in [-0.2, 0) is 12.8 Å². The van der Waals surface area contributed by atoms with E-state index in [2.05, 4.69) is 43.1 Å². The summed E-state index contributed by atoms with van der Waals surface area (Å²) in [6.45, 7) is 5.64. The number of hydrogen-bond donors (Lipinski definition) is 1. The molecule has 0 aliphatic heterocycles. The molecule has 0 bridgehead atoms. The first-order chi connectivity index (χ1) is 8.91. The monoisotopic (exact) mass is 262 g/mol. The second-order valence-corrected chi connectivity index (χ2v) is 6.63. The molecule has 19 heavy (non-hydrogen) atoms. The maximum absolute atomic E-state index is 4.80. The lowest BCUT2D eigenvalue weighted by Gasteiger charge is -2.36. The maximum atomic E-state index is 4.80. The van der Waals surface area contributed by atoms with Crippen LogP contribution >= 0.6 is 0 Å². The number of hydrogen-bond acceptors (Lipinski definition) is 4. The van der Waals surface area contributed by atoms with E-state index in [1.807, 2.05) is 13.2 Å². The van der Waals surface area contributed by atoms with Crippen LogP contribution in [0.25, 0.3) is 0 Å². The van der Waals surface area contributed by atoms with E-state index in [0.29, 0.717) is 11.5 Å². The Morgan fingerprint density at radius 2 is 2.16 bits per heavy atom. The van der Waals surface area contributed by atoms with Crippen LogP contribution in [0.2, 0.25) is 0 Å². The summed E-state index contributed by atoms with van der Waals surface area (Å²) in [7, 11) is 6.19. The molecule has 0 amide bonds. The Balaban J connectivity index is 2.23. The van der Waals surface area contributed by atoms with Crippen molar-refractivity contribution in [1.82, 2.24) is 20.2 Å². The van der Waals surface area contributed by atoms with Crippen molar-refractivity contribution in [3.05, 3.63) is 23.3 Å². The fourth-order valence-electron chi connectivity index (χ4n) is 2.79. The molecular weight excluding hydrogens is 236 g/mol. The summed E-state index contributed by atoms with van der Waals surface area (Å²) in [5.74, 6) is 0.972. The molecule has 106 valence electrons. The van der Waals surface area contributed by atoms with Crippen molar-refractivity contribution in [3.8, 4) is 0 Å². The average molecular weight is 262 g/mol. The SMILES string of the molecule is CNC1CC(C)(C)Cc2nc(CCN(C)C)ncc21. The molecule has 4 heteroatoms. The Kier molecular flexibility index (Phi) is 4.21. The minimum absolute atomic E-state index is 0.313. The Morgan fingerprint density at radius 1 is 1.42 bits per heavy atom. The highest BCUT2D eigenvalue weighted by Gasteiger charge is 2.32. The summed E-state index contributed by atoms with van der Waals surface area (Å²) in [6.07, 6.45) is 5.16. The highest BCUT2D eigenvalue weighted by Crippen LogP contribution is 2.39. The van der Waals surface area contributed by atoms with E-state index in [4.69, 9.17) is 4.98 Å². The molecule has 0 aromatic carbocycles. The average Bonchev–Trinajstić information content (AvgIpc) is 2.33. The zero-order valence-electron chi connectivity index (χ0n) is 12.8. The summed E-state index contributed by atoms with van der Waals surface area (Å²) in [6, 6.07) is 0.390. The molecule has 1 N–H and O–H groups in total. The first-order valence-corrected chi connectivity index (χ1v) is 7.08. The van der Waals surface area contributed by atoms with Crippen LogP contribution in [-0.4, -0.2) is 42.6 Å². The van der Waals surface area contributed by atoms with Crippen molar-refractivity contribution in [2.24, 2.45) is 5.41 Å². The molecule has 0 fully saturated rings. The zero-order chi connectivity index (χ0) is 14.0. The number of rotatable bonds is 4. The predicted octanol–water partition coefficient (Wildman–Crippen LogP) is 1.81. The van der Waals surface area contributed by atoms with Gasteiger partial charge >= 0.3 is 0 Å². The van der Waals surface area contributed by atoms with E-state index >= 15 is 0 Å². The van der Waals surface area contributed by atoms with Gasteiger partial charge < -0.3 is 10.2 Å². The molecule has 0 saturated heterocycles. The lowest BCUT2D eigenvalue weighted by Crippen LogP contribution is -2.33. The molecule has 0 radical (unpaired) electrons. The molecule has 2 rings (SSSR count). The van der Waals surface area contributed by atoms with Gasteiger partial charge in [-0.1, -0.05) is 13.8 Å². The van der Waals surface area contributed by atoms with Crippen molar-refractivity contribution >= 4 is 0 Å². The Labute approximate surface area is 116 Å². The van der Waals surface area contributed by atoms with Gasteiger partial charge in [0.2, 0.25) is 0 Å². The smallest absolute Gasteiger partial charge is 0.129 e. The standard InChI is InChI=1S/C15H26N4/c1-15(2)8-12(16-3)11-10-17-14(6-7-19(4)5)18-13(11)9-15/h10,12,16H,6-9H2,1-5H3. The van der Waals surface area contributed by atoms with Crippen LogP contribution in [0.5, 0.6) is 0 Å². The first kappa shape index (κ1) is 14.4. The second-order valence-electron chi connectivity index (χ2n) is 6.63. The normalized spacial score (nSPS) is 21.5. The highest BCUT2D eigenvalue weighted by atomic mass is 15.1. The third-order valence-electron chi connectivity index (χ3n) is 3.86. The van der Waals surface area contributed by atoms with Crippen molar-refractivity contribution in [2.45, 2.75) is 39.2 Å². The first-order valence-electron chi connectivity index (χ1n) is 7.08. The Hall–Kier alpha value is -1.00. The summed E-state index contributed by atoms with van der Waals surface area (Å²) in [4.78, 5) is 11.5. The van der Waals surface area contributed by atoms with Gasteiger partial charge in [-0.15, -0.1) is 0 Å². The molecule has 0 spiro atoms. The van der Waals surface area contributed by atoms with E-state index in [-0.39, 0.29) is 0 Å². The third kappa shape index (κ3) is 3.51. The highest BCUT2D eigenvalue weighted by molar-refractivity contribution is 5.26. The molecule has 1 heterocycles. The number of nitrogens with zero attached hydrogens (tertiary/aromatic N) is 3. The van der Waals surface area contributed by atoms with Crippen LogP contribution in [0.15, 0.2) is 6.20 Å². The topological polar surface area (TPSA) is 41.1 Å².